The minimum atomic E-state index is -0.421. The first-order chi connectivity index (χ1) is 6.22. The normalized spacial score (nSPS) is 21.4. The number of rotatable bonds is 3. The maximum Gasteiger partial charge on any atom is 0.0897 e. The Morgan fingerprint density at radius 3 is 3.00 bits per heavy atom. The van der Waals surface area contributed by atoms with E-state index in [4.69, 9.17) is 0 Å². The van der Waals surface area contributed by atoms with Crippen LogP contribution in [-0.4, -0.2) is 33.7 Å². The lowest BCUT2D eigenvalue weighted by Gasteiger charge is -2.45. The van der Waals surface area contributed by atoms with Crippen LogP contribution in [0.3, 0.4) is 0 Å². The van der Waals surface area contributed by atoms with E-state index in [0.29, 0.717) is 0 Å². The number of aromatic nitrogens is 1. The van der Waals surface area contributed by atoms with E-state index in [0.717, 1.165) is 31.7 Å². The zero-order valence-electron chi connectivity index (χ0n) is 7.73. The van der Waals surface area contributed by atoms with Gasteiger partial charge in [-0.05, 0) is 6.42 Å². The summed E-state index contributed by atoms with van der Waals surface area (Å²) in [7, 11) is 0. The molecule has 0 unspecified atom stereocenters. The SMILES string of the molecule is CCC1(O)CN(Cc2cscn2)C1. The van der Waals surface area contributed by atoms with Crippen LogP contribution in [-0.2, 0) is 6.54 Å². The van der Waals surface area contributed by atoms with Gasteiger partial charge in [0.25, 0.3) is 0 Å². The topological polar surface area (TPSA) is 36.4 Å². The van der Waals surface area contributed by atoms with Gasteiger partial charge in [-0.15, -0.1) is 11.3 Å². The fourth-order valence-electron chi connectivity index (χ4n) is 1.67. The molecule has 1 N–H and O–H groups in total. The molecule has 0 aromatic carbocycles. The molecule has 3 nitrogen and oxygen atoms in total. The largest absolute Gasteiger partial charge is 0.387 e. The Morgan fingerprint density at radius 2 is 2.46 bits per heavy atom. The fraction of sp³-hybridized carbons (Fsp3) is 0.667. The Bertz CT molecular complexity index is 267. The van der Waals surface area contributed by atoms with Crippen molar-refractivity contribution >= 4 is 11.3 Å². The van der Waals surface area contributed by atoms with Crippen molar-refractivity contribution in [2.45, 2.75) is 25.5 Å². The van der Waals surface area contributed by atoms with Gasteiger partial charge in [-0.1, -0.05) is 6.92 Å². The van der Waals surface area contributed by atoms with Crippen molar-refractivity contribution in [3.05, 3.63) is 16.6 Å². The summed E-state index contributed by atoms with van der Waals surface area (Å²) in [5.41, 5.74) is 2.54. The van der Waals surface area contributed by atoms with Gasteiger partial charge in [-0.25, -0.2) is 4.98 Å². The monoisotopic (exact) mass is 198 g/mol. The first-order valence-electron chi connectivity index (χ1n) is 4.54. The molecule has 0 saturated carbocycles. The Hall–Kier alpha value is -0.450. The van der Waals surface area contributed by atoms with Crippen molar-refractivity contribution in [1.82, 2.24) is 9.88 Å². The molecule has 0 spiro atoms. The number of aliphatic hydroxyl groups is 1. The van der Waals surface area contributed by atoms with E-state index >= 15 is 0 Å². The summed E-state index contributed by atoms with van der Waals surface area (Å²) in [6, 6.07) is 0. The summed E-state index contributed by atoms with van der Waals surface area (Å²) < 4.78 is 0. The third kappa shape index (κ3) is 1.90. The van der Waals surface area contributed by atoms with Gasteiger partial charge in [0, 0.05) is 25.0 Å². The minimum absolute atomic E-state index is 0.421. The summed E-state index contributed by atoms with van der Waals surface area (Å²) >= 11 is 1.62. The quantitative estimate of drug-likeness (QED) is 0.790. The summed E-state index contributed by atoms with van der Waals surface area (Å²) in [5.74, 6) is 0. The molecular formula is C9H14N2OS. The Kier molecular flexibility index (Phi) is 2.36. The van der Waals surface area contributed by atoms with Crippen molar-refractivity contribution in [3.8, 4) is 0 Å². The molecule has 0 bridgehead atoms. The highest BCUT2D eigenvalue weighted by molar-refractivity contribution is 7.07. The van der Waals surface area contributed by atoms with E-state index in [1.54, 1.807) is 11.3 Å². The van der Waals surface area contributed by atoms with Crippen LogP contribution >= 0.6 is 11.3 Å². The smallest absolute Gasteiger partial charge is 0.0897 e. The standard InChI is InChI=1S/C9H14N2OS/c1-2-9(12)5-11(6-9)3-8-4-13-7-10-8/h4,7,12H,2-3,5-6H2,1H3. The van der Waals surface area contributed by atoms with E-state index in [9.17, 15) is 5.11 Å². The van der Waals surface area contributed by atoms with E-state index in [-0.39, 0.29) is 0 Å². The Morgan fingerprint density at radius 1 is 1.69 bits per heavy atom. The average molecular weight is 198 g/mol. The maximum atomic E-state index is 9.76. The van der Waals surface area contributed by atoms with E-state index < -0.39 is 5.60 Å². The first-order valence-corrected chi connectivity index (χ1v) is 5.48. The molecule has 13 heavy (non-hydrogen) atoms. The molecule has 2 rings (SSSR count). The van der Waals surface area contributed by atoms with Crippen LogP contribution in [0.1, 0.15) is 19.0 Å². The summed E-state index contributed by atoms with van der Waals surface area (Å²) in [4.78, 5) is 6.43. The van der Waals surface area contributed by atoms with Crippen LogP contribution < -0.4 is 0 Å². The molecule has 0 amide bonds. The van der Waals surface area contributed by atoms with Crippen molar-refractivity contribution in [1.29, 1.82) is 0 Å². The highest BCUT2D eigenvalue weighted by atomic mass is 32.1. The number of nitrogens with zero attached hydrogens (tertiary/aromatic N) is 2. The van der Waals surface area contributed by atoms with Gasteiger partial charge in [-0.2, -0.15) is 0 Å². The lowest BCUT2D eigenvalue weighted by Crippen LogP contribution is -2.60. The molecule has 1 aliphatic rings. The second-order valence-corrected chi connectivity index (χ2v) is 4.42. The number of likely N-dealkylation sites (tertiary alicyclic amines) is 1. The summed E-state index contributed by atoms with van der Waals surface area (Å²) in [5, 5.41) is 11.8. The molecule has 1 aliphatic heterocycles. The molecule has 72 valence electrons. The van der Waals surface area contributed by atoms with Crippen LogP contribution in [0.4, 0.5) is 0 Å². The molecular weight excluding hydrogens is 184 g/mol. The lowest BCUT2D eigenvalue weighted by atomic mass is 9.91. The summed E-state index contributed by atoms with van der Waals surface area (Å²) in [6.45, 7) is 4.49. The number of thiazole rings is 1. The average Bonchev–Trinajstić information content (AvgIpc) is 2.54. The fourth-order valence-corrected chi connectivity index (χ4v) is 2.22. The lowest BCUT2D eigenvalue weighted by molar-refractivity contribution is -0.103. The van der Waals surface area contributed by atoms with Crippen LogP contribution in [0.15, 0.2) is 10.9 Å². The molecule has 0 radical (unpaired) electrons. The Balaban J connectivity index is 1.82. The second kappa shape index (κ2) is 3.36. The molecule has 1 saturated heterocycles. The highest BCUT2D eigenvalue weighted by Crippen LogP contribution is 2.25. The third-order valence-corrected chi connectivity index (χ3v) is 3.20. The number of hydrogen-bond acceptors (Lipinski definition) is 4. The first kappa shape index (κ1) is 9.12. The van der Waals surface area contributed by atoms with Crippen LogP contribution in [0, 0.1) is 0 Å². The predicted molar refractivity (Wildman–Crippen MR) is 52.6 cm³/mol. The van der Waals surface area contributed by atoms with Crippen molar-refractivity contribution in [2.24, 2.45) is 0 Å². The predicted octanol–water partition coefficient (Wildman–Crippen LogP) is 1.10. The molecule has 1 aromatic rings. The van der Waals surface area contributed by atoms with Gasteiger partial charge in [-0.3, -0.25) is 4.90 Å². The second-order valence-electron chi connectivity index (χ2n) is 3.70. The molecule has 0 aliphatic carbocycles. The van der Waals surface area contributed by atoms with Crippen molar-refractivity contribution in [3.63, 3.8) is 0 Å². The van der Waals surface area contributed by atoms with Gasteiger partial charge >= 0.3 is 0 Å². The van der Waals surface area contributed by atoms with Crippen LogP contribution in [0.2, 0.25) is 0 Å². The van der Waals surface area contributed by atoms with Gasteiger partial charge in [0.1, 0.15) is 0 Å². The zero-order valence-corrected chi connectivity index (χ0v) is 8.55. The molecule has 1 fully saturated rings. The zero-order chi connectivity index (χ0) is 9.31. The minimum Gasteiger partial charge on any atom is -0.387 e. The van der Waals surface area contributed by atoms with Gasteiger partial charge < -0.3 is 5.11 Å². The van der Waals surface area contributed by atoms with E-state index in [2.05, 4.69) is 15.3 Å². The van der Waals surface area contributed by atoms with Crippen LogP contribution in [0.25, 0.3) is 0 Å². The number of hydrogen-bond donors (Lipinski definition) is 1. The van der Waals surface area contributed by atoms with Crippen LogP contribution in [0.5, 0.6) is 0 Å². The molecule has 1 aromatic heterocycles. The Labute approximate surface area is 82.0 Å². The highest BCUT2D eigenvalue weighted by Gasteiger charge is 2.39. The van der Waals surface area contributed by atoms with E-state index in [1.807, 2.05) is 12.4 Å². The third-order valence-electron chi connectivity index (χ3n) is 2.56. The maximum absolute atomic E-state index is 9.76. The molecule has 4 heteroatoms. The van der Waals surface area contributed by atoms with Gasteiger partial charge in [0.2, 0.25) is 0 Å². The van der Waals surface area contributed by atoms with E-state index in [1.165, 1.54) is 0 Å². The van der Waals surface area contributed by atoms with Gasteiger partial charge in [0.15, 0.2) is 0 Å². The summed E-state index contributed by atoms with van der Waals surface area (Å²) in [6.07, 6.45) is 0.848. The van der Waals surface area contributed by atoms with Crippen molar-refractivity contribution in [2.75, 3.05) is 13.1 Å². The van der Waals surface area contributed by atoms with Crippen molar-refractivity contribution < 1.29 is 5.11 Å². The molecule has 0 atom stereocenters. The molecule has 2 heterocycles. The van der Waals surface area contributed by atoms with Gasteiger partial charge in [0.05, 0.1) is 16.8 Å². The number of β-amino-alcohol motifs (C(OH)–C–C–N with tert-alkyl or cyclic N) is 1.